The Bertz CT molecular complexity index is 1040. The molecule has 132 valence electrons. The molecule has 2 aliphatic rings. The fraction of sp³-hybridized carbons (Fsp3) is 0.125. The molecule has 3 aromatic carbocycles. The number of nitrogens with one attached hydrogen (secondary N) is 2. The van der Waals surface area contributed by atoms with Crippen molar-refractivity contribution in [2.24, 2.45) is 0 Å². The summed E-state index contributed by atoms with van der Waals surface area (Å²) in [5.41, 5.74) is 5.11. The molecule has 0 saturated heterocycles. The quantitative estimate of drug-likeness (QED) is 0.670. The molecule has 27 heavy (non-hydrogen) atoms. The molecule has 0 amide bonds. The topological polar surface area (TPSA) is 41.1 Å². The van der Waals surface area contributed by atoms with Gasteiger partial charge >= 0.3 is 0 Å². The Morgan fingerprint density at radius 1 is 0.815 bits per heavy atom. The van der Waals surface area contributed by atoms with E-state index in [1.807, 2.05) is 60.7 Å². The van der Waals surface area contributed by atoms with Crippen molar-refractivity contribution in [2.75, 3.05) is 5.32 Å². The first-order chi connectivity index (χ1) is 13.3. The van der Waals surface area contributed by atoms with E-state index in [1.165, 1.54) is 11.1 Å². The van der Waals surface area contributed by atoms with Crippen LogP contribution in [0.15, 0.2) is 84.9 Å². The fourth-order valence-corrected chi connectivity index (χ4v) is 4.14. The zero-order valence-electron chi connectivity index (χ0n) is 14.9. The second-order valence-corrected chi connectivity index (χ2v) is 7.06. The van der Waals surface area contributed by atoms with E-state index in [2.05, 4.69) is 34.9 Å². The minimum absolute atomic E-state index is 0.0110. The molecule has 0 saturated carbocycles. The molecular weight excluding hydrogens is 332 g/mol. The first kappa shape index (κ1) is 15.9. The van der Waals surface area contributed by atoms with Crippen LogP contribution >= 0.6 is 0 Å². The number of ketones is 1. The maximum Gasteiger partial charge on any atom is 0.213 e. The first-order valence-corrected chi connectivity index (χ1v) is 9.32. The Hall–Kier alpha value is -3.33. The van der Waals surface area contributed by atoms with Crippen LogP contribution in [0.1, 0.15) is 33.5 Å². The Balaban J connectivity index is 1.72. The van der Waals surface area contributed by atoms with E-state index in [9.17, 15) is 4.79 Å². The molecule has 0 aromatic heterocycles. The number of hydrogen-bond donors (Lipinski definition) is 2. The standard InChI is InChI=1S/C24H20N2O/c27-23(18-9-3-1-4-10-18)24(19-13-5-2-6-14-19)25-20-15-7-11-17-12-8-16-21(26-24)22(17)20/h1-7,9-11,13-16,25-26H,8,12H2. The normalized spacial score (nSPS) is 19.9. The van der Waals surface area contributed by atoms with Crippen LogP contribution in [0.25, 0.3) is 5.70 Å². The van der Waals surface area contributed by atoms with Gasteiger partial charge in [0.1, 0.15) is 0 Å². The molecule has 3 aromatic rings. The van der Waals surface area contributed by atoms with E-state index in [4.69, 9.17) is 0 Å². The number of Topliss-reactive ketones (excluding diaryl/α,β-unsaturated/α-hetero) is 1. The zero-order chi connectivity index (χ0) is 18.3. The van der Waals surface area contributed by atoms with E-state index in [1.54, 1.807) is 0 Å². The van der Waals surface area contributed by atoms with Gasteiger partial charge in [-0.2, -0.15) is 0 Å². The van der Waals surface area contributed by atoms with Gasteiger partial charge < -0.3 is 10.6 Å². The van der Waals surface area contributed by atoms with Crippen molar-refractivity contribution in [3.63, 3.8) is 0 Å². The summed E-state index contributed by atoms with van der Waals surface area (Å²) >= 11 is 0. The largest absolute Gasteiger partial charge is 0.352 e. The Morgan fingerprint density at radius 2 is 1.56 bits per heavy atom. The molecule has 3 heteroatoms. The summed E-state index contributed by atoms with van der Waals surface area (Å²) in [6, 6.07) is 25.7. The highest BCUT2D eigenvalue weighted by atomic mass is 16.1. The molecule has 0 fully saturated rings. The summed E-state index contributed by atoms with van der Waals surface area (Å²) in [6.07, 6.45) is 4.22. The van der Waals surface area contributed by atoms with Gasteiger partial charge in [-0.25, -0.2) is 0 Å². The van der Waals surface area contributed by atoms with E-state index in [-0.39, 0.29) is 5.78 Å². The van der Waals surface area contributed by atoms with Crippen LogP contribution < -0.4 is 10.6 Å². The van der Waals surface area contributed by atoms with Crippen molar-refractivity contribution in [3.05, 3.63) is 107 Å². The van der Waals surface area contributed by atoms with Crippen LogP contribution in [0.4, 0.5) is 5.69 Å². The van der Waals surface area contributed by atoms with Gasteiger partial charge in [0.2, 0.25) is 5.78 Å². The second-order valence-electron chi connectivity index (χ2n) is 7.06. The molecule has 1 unspecified atom stereocenters. The molecular formula is C24H20N2O. The third-order valence-electron chi connectivity index (χ3n) is 5.41. The van der Waals surface area contributed by atoms with Crippen molar-refractivity contribution in [1.82, 2.24) is 5.32 Å². The number of carbonyl (C=O) groups excluding carboxylic acids is 1. The molecule has 2 N–H and O–H groups in total. The van der Waals surface area contributed by atoms with E-state index in [0.29, 0.717) is 5.56 Å². The van der Waals surface area contributed by atoms with E-state index < -0.39 is 5.66 Å². The maximum absolute atomic E-state index is 13.7. The van der Waals surface area contributed by atoms with Gasteiger partial charge in [0, 0.05) is 28.1 Å². The van der Waals surface area contributed by atoms with Crippen molar-refractivity contribution < 1.29 is 4.79 Å². The number of benzene rings is 3. The van der Waals surface area contributed by atoms with E-state index in [0.717, 1.165) is 29.8 Å². The van der Waals surface area contributed by atoms with Gasteiger partial charge in [0.15, 0.2) is 5.66 Å². The van der Waals surface area contributed by atoms with Gasteiger partial charge in [-0.1, -0.05) is 78.9 Å². The summed E-state index contributed by atoms with van der Waals surface area (Å²) in [5.74, 6) is 0.0110. The highest BCUT2D eigenvalue weighted by Crippen LogP contribution is 2.41. The lowest BCUT2D eigenvalue weighted by Gasteiger charge is -2.43. The average molecular weight is 352 g/mol. The molecule has 1 aliphatic carbocycles. The molecule has 3 nitrogen and oxygen atoms in total. The molecule has 1 aliphatic heterocycles. The molecule has 0 spiro atoms. The minimum atomic E-state index is -1.03. The van der Waals surface area contributed by atoms with Crippen LogP contribution in [0.2, 0.25) is 0 Å². The van der Waals surface area contributed by atoms with Gasteiger partial charge in [0.25, 0.3) is 0 Å². The van der Waals surface area contributed by atoms with Crippen molar-refractivity contribution in [2.45, 2.75) is 18.5 Å². The van der Waals surface area contributed by atoms with Crippen LogP contribution in [-0.4, -0.2) is 5.78 Å². The summed E-state index contributed by atoms with van der Waals surface area (Å²) < 4.78 is 0. The third kappa shape index (κ3) is 2.47. The van der Waals surface area contributed by atoms with Gasteiger partial charge in [0.05, 0.1) is 0 Å². The Labute approximate surface area is 158 Å². The highest BCUT2D eigenvalue weighted by molar-refractivity contribution is 6.07. The molecule has 0 radical (unpaired) electrons. The molecule has 1 heterocycles. The summed E-state index contributed by atoms with van der Waals surface area (Å²) in [7, 11) is 0. The number of allylic oxidation sites excluding steroid dienone is 1. The van der Waals surface area contributed by atoms with Crippen molar-refractivity contribution in [3.8, 4) is 0 Å². The Morgan fingerprint density at radius 3 is 2.33 bits per heavy atom. The number of anilines is 1. The van der Waals surface area contributed by atoms with Crippen LogP contribution in [0.5, 0.6) is 0 Å². The van der Waals surface area contributed by atoms with Crippen LogP contribution in [0.3, 0.4) is 0 Å². The smallest absolute Gasteiger partial charge is 0.213 e. The molecule has 0 bridgehead atoms. The van der Waals surface area contributed by atoms with Gasteiger partial charge in [-0.3, -0.25) is 4.79 Å². The monoisotopic (exact) mass is 352 g/mol. The van der Waals surface area contributed by atoms with Crippen molar-refractivity contribution in [1.29, 1.82) is 0 Å². The number of hydrogen-bond acceptors (Lipinski definition) is 3. The van der Waals surface area contributed by atoms with Crippen LogP contribution in [-0.2, 0) is 12.1 Å². The van der Waals surface area contributed by atoms with E-state index >= 15 is 0 Å². The number of rotatable bonds is 3. The SMILES string of the molecule is O=C(c1ccccc1)C1(c2ccccc2)NC2=CCCc3cccc(c32)N1. The second kappa shape index (κ2) is 6.13. The lowest BCUT2D eigenvalue weighted by molar-refractivity contribution is 0.0886. The lowest BCUT2D eigenvalue weighted by atomic mass is 9.83. The predicted molar refractivity (Wildman–Crippen MR) is 108 cm³/mol. The molecule has 1 atom stereocenters. The summed E-state index contributed by atoms with van der Waals surface area (Å²) in [4.78, 5) is 13.7. The summed E-state index contributed by atoms with van der Waals surface area (Å²) in [6.45, 7) is 0. The van der Waals surface area contributed by atoms with Crippen LogP contribution in [0, 0.1) is 0 Å². The van der Waals surface area contributed by atoms with Gasteiger partial charge in [-0.15, -0.1) is 0 Å². The summed E-state index contributed by atoms with van der Waals surface area (Å²) in [5, 5.41) is 7.14. The first-order valence-electron chi connectivity index (χ1n) is 9.32. The molecule has 5 rings (SSSR count). The number of aryl methyl sites for hydroxylation is 1. The number of carbonyl (C=O) groups is 1. The Kier molecular flexibility index (Phi) is 3.61. The fourth-order valence-electron chi connectivity index (χ4n) is 4.14. The highest BCUT2D eigenvalue weighted by Gasteiger charge is 2.45. The maximum atomic E-state index is 13.7. The lowest BCUT2D eigenvalue weighted by Crippen LogP contribution is -2.57. The van der Waals surface area contributed by atoms with Gasteiger partial charge in [-0.05, 0) is 24.5 Å². The average Bonchev–Trinajstić information content (AvgIpc) is 2.75. The minimum Gasteiger partial charge on any atom is -0.352 e. The van der Waals surface area contributed by atoms with Crippen molar-refractivity contribution >= 4 is 17.2 Å². The third-order valence-corrected chi connectivity index (χ3v) is 5.41. The zero-order valence-corrected chi connectivity index (χ0v) is 14.9. The predicted octanol–water partition coefficient (Wildman–Crippen LogP) is 4.72.